The maximum atomic E-state index is 12.9. The summed E-state index contributed by atoms with van der Waals surface area (Å²) in [5.41, 5.74) is 6.84. The van der Waals surface area contributed by atoms with Gasteiger partial charge in [0, 0.05) is 19.6 Å². The van der Waals surface area contributed by atoms with Crippen molar-refractivity contribution in [2.75, 3.05) is 38.8 Å². The van der Waals surface area contributed by atoms with Gasteiger partial charge in [0.15, 0.2) is 11.5 Å². The molecule has 3 atom stereocenters. The van der Waals surface area contributed by atoms with Crippen molar-refractivity contribution in [3.05, 3.63) is 37.0 Å². The molecular weight excluding hydrogens is 835 g/mol. The van der Waals surface area contributed by atoms with Gasteiger partial charge < -0.3 is 34.5 Å². The average Bonchev–Trinajstić information content (AvgIpc) is 3.92. The van der Waals surface area contributed by atoms with Crippen LogP contribution in [0, 0.1) is 0 Å². The third-order valence-corrected chi connectivity index (χ3v) is 12.3. The number of fused-ring (bicyclic) bond motifs is 1. The zero-order valence-electron chi connectivity index (χ0n) is 41.4. The predicted octanol–water partition coefficient (Wildman–Crippen LogP) is 12.4. The van der Waals surface area contributed by atoms with E-state index in [-0.39, 0.29) is 44.9 Å². The number of aliphatic hydroxyl groups is 1. The average molecular weight is 926 g/mol. The van der Waals surface area contributed by atoms with Crippen molar-refractivity contribution in [2.24, 2.45) is 0 Å². The number of unbranched alkanes of at least 4 members (excludes halogenated alkanes) is 24. The largest absolute Gasteiger partial charge is 0.463 e. The highest BCUT2D eigenvalue weighted by molar-refractivity contribution is 5.81. The van der Waals surface area contributed by atoms with Crippen molar-refractivity contribution in [1.29, 1.82) is 0 Å². The van der Waals surface area contributed by atoms with Crippen molar-refractivity contribution in [3.63, 3.8) is 0 Å². The van der Waals surface area contributed by atoms with E-state index in [1.807, 2.05) is 0 Å². The molecule has 1 aliphatic heterocycles. The summed E-state index contributed by atoms with van der Waals surface area (Å²) in [7, 11) is 0. The number of esters is 2. The van der Waals surface area contributed by atoms with Crippen LogP contribution in [-0.2, 0) is 33.3 Å². The number of rotatable bonds is 43. The van der Waals surface area contributed by atoms with Crippen molar-refractivity contribution in [2.45, 2.75) is 237 Å². The lowest BCUT2D eigenvalue weighted by Gasteiger charge is -2.19. The molecule has 3 N–H and O–H groups in total. The number of hydrogen-bond donors (Lipinski definition) is 2. The summed E-state index contributed by atoms with van der Waals surface area (Å²) >= 11 is 0. The molecule has 0 bridgehead atoms. The number of carbonyl (C=O) groups is 2. The van der Waals surface area contributed by atoms with Gasteiger partial charge in [-0.2, -0.15) is 0 Å². The molecule has 1 aliphatic rings. The summed E-state index contributed by atoms with van der Waals surface area (Å²) in [6, 6.07) is 0. The molecule has 0 spiro atoms. The van der Waals surface area contributed by atoms with Crippen molar-refractivity contribution in [3.8, 4) is 0 Å². The first-order valence-corrected chi connectivity index (χ1v) is 26.5. The third kappa shape index (κ3) is 26.8. The summed E-state index contributed by atoms with van der Waals surface area (Å²) in [5, 5.41) is 10.6. The van der Waals surface area contributed by atoms with E-state index < -0.39 is 36.5 Å². The molecule has 2 aromatic rings. The molecule has 3 rings (SSSR count). The highest BCUT2D eigenvalue weighted by Gasteiger charge is 2.37. The Kier molecular flexibility index (Phi) is 33.3. The number of nitrogen functional groups attached to an aromatic ring is 1. The minimum Gasteiger partial charge on any atom is -0.463 e. The molecule has 1 fully saturated rings. The molecule has 0 radical (unpaired) electrons. The molecule has 13 heteroatoms. The Morgan fingerprint density at radius 3 is 1.67 bits per heavy atom. The Morgan fingerprint density at radius 1 is 0.682 bits per heavy atom. The molecule has 66 heavy (non-hydrogen) atoms. The van der Waals surface area contributed by atoms with E-state index in [4.69, 9.17) is 29.4 Å². The Hall–Kier alpha value is -3.39. The second kappa shape index (κ2) is 38.6. The molecule has 0 saturated carbocycles. The van der Waals surface area contributed by atoms with Gasteiger partial charge in [-0.05, 0) is 64.2 Å². The number of aromatic nitrogens is 4. The lowest BCUT2D eigenvalue weighted by atomic mass is 10.1. The fourth-order valence-corrected chi connectivity index (χ4v) is 8.26. The number of aliphatic hydroxyl groups excluding tert-OH is 1. The smallest absolute Gasteiger partial charge is 0.306 e. The number of anilines is 1. The normalized spacial score (nSPS) is 16.9. The maximum absolute atomic E-state index is 12.9. The third-order valence-electron chi connectivity index (χ3n) is 12.3. The van der Waals surface area contributed by atoms with Crippen LogP contribution in [0.3, 0.4) is 0 Å². The van der Waals surface area contributed by atoms with Crippen LogP contribution in [0.4, 0.5) is 5.82 Å². The predicted molar refractivity (Wildman–Crippen MR) is 265 cm³/mol. The van der Waals surface area contributed by atoms with Crippen LogP contribution >= 0.6 is 0 Å². The van der Waals surface area contributed by atoms with Crippen LogP contribution in [0.25, 0.3) is 11.2 Å². The van der Waals surface area contributed by atoms with Crippen LogP contribution in [0.1, 0.15) is 219 Å². The van der Waals surface area contributed by atoms with E-state index >= 15 is 0 Å². The molecule has 1 saturated heterocycles. The van der Waals surface area contributed by atoms with Crippen LogP contribution in [0.5, 0.6) is 0 Å². The van der Waals surface area contributed by atoms with Crippen molar-refractivity contribution < 1.29 is 38.4 Å². The van der Waals surface area contributed by atoms with Crippen molar-refractivity contribution >= 4 is 28.9 Å². The molecule has 1 unspecified atom stereocenters. The molecule has 3 heterocycles. The van der Waals surface area contributed by atoms with Gasteiger partial charge in [-0.3, -0.25) is 14.2 Å². The van der Waals surface area contributed by atoms with Gasteiger partial charge in [0.05, 0.1) is 38.5 Å². The van der Waals surface area contributed by atoms with Gasteiger partial charge in [-0.15, -0.1) is 0 Å². The molecule has 13 nitrogen and oxygen atoms in total. The fourth-order valence-electron chi connectivity index (χ4n) is 8.26. The monoisotopic (exact) mass is 926 g/mol. The second-order valence-electron chi connectivity index (χ2n) is 18.3. The Balaban J connectivity index is 1.28. The van der Waals surface area contributed by atoms with Crippen LogP contribution in [0.2, 0.25) is 0 Å². The van der Waals surface area contributed by atoms with E-state index in [9.17, 15) is 14.7 Å². The summed E-state index contributed by atoms with van der Waals surface area (Å²) in [6.45, 7) is 6.07. The highest BCUT2D eigenvalue weighted by atomic mass is 16.6. The van der Waals surface area contributed by atoms with E-state index in [1.165, 1.54) is 167 Å². The van der Waals surface area contributed by atoms with E-state index in [0.717, 1.165) is 25.7 Å². The summed E-state index contributed by atoms with van der Waals surface area (Å²) in [4.78, 5) is 38.0. The molecule has 0 amide bonds. The first-order chi connectivity index (χ1) is 32.4. The standard InChI is InChI=1S/C53H91N5O8/c1-3-5-7-9-11-13-15-17-19-21-23-25-27-29-31-33-37-62-40-45(41-63-38-34-32-30-28-26-24-22-20-18-16-14-12-10-8-6-4-2)65-50(61)36-35-49(60)64-42-47-46(59)39-48(66-47)58-44-57-51-52(54)55-43-56-53(51)58/h17-20,43-48,59H,3-16,21-42H2,1-2H3,(H2,54,55,56)/t45?,46?,47-,48-/m1/s1. The molecule has 0 aliphatic carbocycles. The number of carbonyl (C=O) groups excluding carboxylic acids is 2. The van der Waals surface area contributed by atoms with Gasteiger partial charge in [0.2, 0.25) is 0 Å². The van der Waals surface area contributed by atoms with E-state index in [2.05, 4.69) is 53.1 Å². The molecular formula is C53H91N5O8. The fraction of sp³-hybridized carbons (Fsp3) is 0.792. The minimum atomic E-state index is -0.876. The SMILES string of the molecule is CCCCCCCCC=CCCCCCCCCOCC(COCCCCCCCCC=CCCCCCCCC)OC(=O)CCC(=O)OC[C@H]1O[C@@H](n2cnc3c(N)ncnc32)CC1O. The topological polar surface area (TPSA) is 170 Å². The Morgan fingerprint density at radius 2 is 1.15 bits per heavy atom. The second-order valence-corrected chi connectivity index (χ2v) is 18.3. The molecule has 376 valence electrons. The van der Waals surface area contributed by atoms with Gasteiger partial charge in [0.1, 0.15) is 36.9 Å². The van der Waals surface area contributed by atoms with Crippen LogP contribution in [0.15, 0.2) is 37.0 Å². The Labute approximate surface area is 398 Å². The Bertz CT molecular complexity index is 1520. The minimum absolute atomic E-state index is 0.141. The summed E-state index contributed by atoms with van der Waals surface area (Å²) in [6.07, 6.45) is 44.6. The molecule has 0 aromatic carbocycles. The first-order valence-electron chi connectivity index (χ1n) is 26.5. The van der Waals surface area contributed by atoms with Crippen LogP contribution in [-0.4, -0.2) is 87.9 Å². The lowest BCUT2D eigenvalue weighted by molar-refractivity contribution is -0.160. The number of imidazole rings is 1. The summed E-state index contributed by atoms with van der Waals surface area (Å²) in [5.74, 6) is -0.839. The maximum Gasteiger partial charge on any atom is 0.306 e. The number of nitrogens with zero attached hydrogens (tertiary/aromatic N) is 4. The van der Waals surface area contributed by atoms with Gasteiger partial charge in [-0.1, -0.05) is 154 Å². The zero-order chi connectivity index (χ0) is 47.1. The zero-order valence-corrected chi connectivity index (χ0v) is 41.4. The van der Waals surface area contributed by atoms with E-state index in [1.54, 1.807) is 4.57 Å². The first kappa shape index (κ1) is 56.9. The highest BCUT2D eigenvalue weighted by Crippen LogP contribution is 2.31. The van der Waals surface area contributed by atoms with Gasteiger partial charge in [0.25, 0.3) is 0 Å². The quantitative estimate of drug-likeness (QED) is 0.0367. The molecule has 2 aromatic heterocycles. The van der Waals surface area contributed by atoms with Crippen LogP contribution < -0.4 is 5.73 Å². The number of nitrogens with two attached hydrogens (primary N) is 1. The van der Waals surface area contributed by atoms with E-state index in [0.29, 0.717) is 24.4 Å². The number of ether oxygens (including phenoxy) is 5. The number of allylic oxidation sites excluding steroid dienone is 4. The van der Waals surface area contributed by atoms with Gasteiger partial charge in [-0.25, -0.2) is 15.0 Å². The van der Waals surface area contributed by atoms with Gasteiger partial charge >= 0.3 is 11.9 Å². The number of hydrogen-bond acceptors (Lipinski definition) is 12. The summed E-state index contributed by atoms with van der Waals surface area (Å²) < 4.78 is 30.8. The lowest BCUT2D eigenvalue weighted by Crippen LogP contribution is -2.30. The van der Waals surface area contributed by atoms with Crippen molar-refractivity contribution in [1.82, 2.24) is 19.5 Å².